The van der Waals surface area contributed by atoms with Gasteiger partial charge in [0.2, 0.25) is 5.56 Å². The van der Waals surface area contributed by atoms with Crippen LogP contribution in [-0.2, 0) is 0 Å². The number of anilines is 1. The smallest absolute Gasteiger partial charge is 0.257 e. The molecule has 2 aromatic rings. The minimum Gasteiger partial charge on any atom is -0.495 e. The quantitative estimate of drug-likeness (QED) is 0.862. The predicted molar refractivity (Wildman–Crippen MR) is 68.0 cm³/mol. The number of carbonyl (C=O) groups excluding carboxylic acids is 1. The van der Waals surface area contributed by atoms with Crippen LogP contribution in [0.25, 0.3) is 0 Å². The summed E-state index contributed by atoms with van der Waals surface area (Å²) in [5.41, 5.74) is 0.709. The standard InChI is InChI=1S/C13H12N2O3/c1-18-11-5-3-2-4-10(11)15-13(17)9-6-7-12(16)14-8-9/h2-8H,1H3,(H,14,16)(H,15,17). The normalized spacial score (nSPS) is 9.83. The highest BCUT2D eigenvalue weighted by molar-refractivity contribution is 6.04. The van der Waals surface area contributed by atoms with Crippen molar-refractivity contribution in [1.82, 2.24) is 4.98 Å². The van der Waals surface area contributed by atoms with Crippen molar-refractivity contribution in [2.75, 3.05) is 12.4 Å². The summed E-state index contributed by atoms with van der Waals surface area (Å²) in [6.45, 7) is 0. The lowest BCUT2D eigenvalue weighted by molar-refractivity contribution is 0.102. The summed E-state index contributed by atoms with van der Waals surface area (Å²) in [6.07, 6.45) is 1.37. The fraction of sp³-hybridized carbons (Fsp3) is 0.0769. The molecule has 0 aliphatic carbocycles. The molecule has 1 aromatic carbocycles. The molecule has 0 bridgehead atoms. The second-order valence-corrected chi connectivity index (χ2v) is 3.60. The summed E-state index contributed by atoms with van der Waals surface area (Å²) in [5, 5.41) is 2.71. The van der Waals surface area contributed by atoms with E-state index in [4.69, 9.17) is 4.74 Å². The molecule has 1 heterocycles. The zero-order valence-corrected chi connectivity index (χ0v) is 9.77. The average molecular weight is 244 g/mol. The molecule has 0 radical (unpaired) electrons. The van der Waals surface area contributed by atoms with Gasteiger partial charge >= 0.3 is 0 Å². The van der Waals surface area contributed by atoms with Gasteiger partial charge in [-0.05, 0) is 18.2 Å². The van der Waals surface area contributed by atoms with Crippen LogP contribution < -0.4 is 15.6 Å². The molecular formula is C13H12N2O3. The van der Waals surface area contributed by atoms with Gasteiger partial charge in [-0.2, -0.15) is 0 Å². The van der Waals surface area contributed by atoms with Gasteiger partial charge in [-0.3, -0.25) is 9.59 Å². The van der Waals surface area contributed by atoms with E-state index in [0.717, 1.165) is 0 Å². The fourth-order valence-corrected chi connectivity index (χ4v) is 1.49. The van der Waals surface area contributed by atoms with Gasteiger partial charge in [0.15, 0.2) is 0 Å². The monoisotopic (exact) mass is 244 g/mol. The summed E-state index contributed by atoms with van der Waals surface area (Å²) >= 11 is 0. The SMILES string of the molecule is COc1ccccc1NC(=O)c1ccc(=O)[nH]c1. The lowest BCUT2D eigenvalue weighted by Gasteiger charge is -2.09. The molecule has 0 atom stereocenters. The molecule has 0 fully saturated rings. The van der Waals surface area contributed by atoms with E-state index in [-0.39, 0.29) is 11.5 Å². The number of rotatable bonds is 3. The van der Waals surface area contributed by atoms with Crippen molar-refractivity contribution in [3.63, 3.8) is 0 Å². The Morgan fingerprint density at radius 1 is 1.22 bits per heavy atom. The van der Waals surface area contributed by atoms with Crippen LogP contribution in [0.4, 0.5) is 5.69 Å². The third-order valence-electron chi connectivity index (χ3n) is 2.40. The van der Waals surface area contributed by atoms with Crippen molar-refractivity contribution >= 4 is 11.6 Å². The fourth-order valence-electron chi connectivity index (χ4n) is 1.49. The van der Waals surface area contributed by atoms with Crippen LogP contribution in [0.1, 0.15) is 10.4 Å². The highest BCUT2D eigenvalue weighted by atomic mass is 16.5. The summed E-state index contributed by atoms with van der Waals surface area (Å²) in [6, 6.07) is 9.87. The Bertz CT molecular complexity index is 599. The Morgan fingerprint density at radius 2 is 2.00 bits per heavy atom. The summed E-state index contributed by atoms with van der Waals surface area (Å²) in [4.78, 5) is 25.2. The summed E-state index contributed by atoms with van der Waals surface area (Å²) in [5.74, 6) is 0.269. The van der Waals surface area contributed by atoms with E-state index in [0.29, 0.717) is 17.0 Å². The molecule has 2 rings (SSSR count). The second kappa shape index (κ2) is 5.18. The Morgan fingerprint density at radius 3 is 2.67 bits per heavy atom. The Hall–Kier alpha value is -2.56. The van der Waals surface area contributed by atoms with Crippen LogP contribution in [-0.4, -0.2) is 18.0 Å². The Kier molecular flexibility index (Phi) is 3.43. The van der Waals surface area contributed by atoms with Gasteiger partial charge < -0.3 is 15.0 Å². The Balaban J connectivity index is 2.21. The minimum absolute atomic E-state index is 0.246. The first-order valence-electron chi connectivity index (χ1n) is 5.34. The minimum atomic E-state index is -0.309. The molecule has 1 amide bonds. The van der Waals surface area contributed by atoms with Crippen molar-refractivity contribution in [1.29, 1.82) is 0 Å². The number of para-hydroxylation sites is 2. The van der Waals surface area contributed by atoms with E-state index in [1.54, 1.807) is 18.2 Å². The highest BCUT2D eigenvalue weighted by Gasteiger charge is 2.08. The van der Waals surface area contributed by atoms with Gasteiger partial charge in [0, 0.05) is 12.3 Å². The largest absolute Gasteiger partial charge is 0.495 e. The molecule has 1 aromatic heterocycles. The van der Waals surface area contributed by atoms with E-state index < -0.39 is 0 Å². The van der Waals surface area contributed by atoms with Gasteiger partial charge in [-0.1, -0.05) is 12.1 Å². The number of aromatic amines is 1. The molecule has 0 aliphatic rings. The number of hydrogen-bond donors (Lipinski definition) is 2. The Labute approximate surface area is 103 Å². The van der Waals surface area contributed by atoms with E-state index in [1.807, 2.05) is 6.07 Å². The predicted octanol–water partition coefficient (Wildman–Crippen LogP) is 1.64. The van der Waals surface area contributed by atoms with Gasteiger partial charge in [-0.15, -0.1) is 0 Å². The maximum atomic E-state index is 11.9. The van der Waals surface area contributed by atoms with Crippen LogP contribution in [0.2, 0.25) is 0 Å². The molecular weight excluding hydrogens is 232 g/mol. The number of amides is 1. The zero-order chi connectivity index (χ0) is 13.0. The molecule has 5 heteroatoms. The number of hydrogen-bond acceptors (Lipinski definition) is 3. The number of methoxy groups -OCH3 is 1. The van der Waals surface area contributed by atoms with Crippen molar-refractivity contribution in [3.8, 4) is 5.75 Å². The molecule has 0 unspecified atom stereocenters. The number of ether oxygens (including phenoxy) is 1. The first-order valence-corrected chi connectivity index (χ1v) is 5.34. The molecule has 0 aliphatic heterocycles. The number of carbonyl (C=O) groups is 1. The lowest BCUT2D eigenvalue weighted by atomic mass is 10.2. The van der Waals surface area contributed by atoms with Gasteiger partial charge in [-0.25, -0.2) is 0 Å². The average Bonchev–Trinajstić information content (AvgIpc) is 2.40. The van der Waals surface area contributed by atoms with Crippen molar-refractivity contribution in [3.05, 3.63) is 58.5 Å². The third-order valence-corrected chi connectivity index (χ3v) is 2.40. The van der Waals surface area contributed by atoms with Crippen LogP contribution in [0.5, 0.6) is 5.75 Å². The number of nitrogens with one attached hydrogen (secondary N) is 2. The lowest BCUT2D eigenvalue weighted by Crippen LogP contribution is -2.15. The third kappa shape index (κ3) is 2.57. The highest BCUT2D eigenvalue weighted by Crippen LogP contribution is 2.23. The van der Waals surface area contributed by atoms with E-state index in [9.17, 15) is 9.59 Å². The summed E-state index contributed by atoms with van der Waals surface area (Å²) < 4.78 is 5.13. The molecule has 0 spiro atoms. The molecule has 18 heavy (non-hydrogen) atoms. The van der Waals surface area contributed by atoms with Gasteiger partial charge in [0.05, 0.1) is 18.4 Å². The maximum absolute atomic E-state index is 11.9. The van der Waals surface area contributed by atoms with Crippen LogP contribution >= 0.6 is 0 Å². The first-order chi connectivity index (χ1) is 8.70. The number of aromatic nitrogens is 1. The zero-order valence-electron chi connectivity index (χ0n) is 9.77. The van der Waals surface area contributed by atoms with Gasteiger partial charge in [0.1, 0.15) is 5.75 Å². The number of pyridine rings is 1. The van der Waals surface area contributed by atoms with Gasteiger partial charge in [0.25, 0.3) is 5.91 Å². The van der Waals surface area contributed by atoms with Crippen molar-refractivity contribution in [2.45, 2.75) is 0 Å². The molecule has 0 saturated carbocycles. The molecule has 5 nitrogen and oxygen atoms in total. The molecule has 92 valence electrons. The van der Waals surface area contributed by atoms with Crippen molar-refractivity contribution < 1.29 is 9.53 Å². The summed E-state index contributed by atoms with van der Waals surface area (Å²) in [7, 11) is 1.53. The number of H-pyrrole nitrogens is 1. The van der Waals surface area contributed by atoms with E-state index >= 15 is 0 Å². The molecule has 0 saturated heterocycles. The number of benzene rings is 1. The van der Waals surface area contributed by atoms with Crippen molar-refractivity contribution in [2.24, 2.45) is 0 Å². The van der Waals surface area contributed by atoms with Crippen LogP contribution in [0, 0.1) is 0 Å². The van der Waals surface area contributed by atoms with Crippen LogP contribution in [0.15, 0.2) is 47.4 Å². The second-order valence-electron chi connectivity index (χ2n) is 3.60. The first kappa shape index (κ1) is 11.9. The van der Waals surface area contributed by atoms with E-state index in [2.05, 4.69) is 10.3 Å². The maximum Gasteiger partial charge on any atom is 0.257 e. The van der Waals surface area contributed by atoms with Crippen LogP contribution in [0.3, 0.4) is 0 Å². The molecule has 2 N–H and O–H groups in total. The topological polar surface area (TPSA) is 71.2 Å². The van der Waals surface area contributed by atoms with E-state index in [1.165, 1.54) is 25.4 Å².